The number of benzene rings is 2. The van der Waals surface area contributed by atoms with Crippen molar-refractivity contribution in [1.29, 1.82) is 5.26 Å². The van der Waals surface area contributed by atoms with Gasteiger partial charge in [0.2, 0.25) is 0 Å². The quantitative estimate of drug-likeness (QED) is 0.825. The summed E-state index contributed by atoms with van der Waals surface area (Å²) in [5.74, 6) is -3.16. The molecule has 3 N–H and O–H groups in total. The lowest BCUT2D eigenvalue weighted by Gasteiger charge is -2.09. The van der Waals surface area contributed by atoms with Crippen LogP contribution in [0.25, 0.3) is 0 Å². The van der Waals surface area contributed by atoms with Crippen LogP contribution < -0.4 is 11.1 Å². The van der Waals surface area contributed by atoms with Gasteiger partial charge in [0.1, 0.15) is 17.4 Å². The highest BCUT2D eigenvalue weighted by Crippen LogP contribution is 2.21. The lowest BCUT2D eigenvalue weighted by atomic mass is 10.1. The van der Waals surface area contributed by atoms with E-state index < -0.39 is 23.1 Å². The number of anilines is 2. The van der Waals surface area contributed by atoms with Crippen LogP contribution in [-0.4, -0.2) is 5.91 Å². The van der Waals surface area contributed by atoms with Crippen LogP contribution in [-0.2, 0) is 0 Å². The number of hydrogen-bond acceptors (Lipinski definition) is 3. The molecule has 2 aromatic carbocycles. The van der Waals surface area contributed by atoms with Gasteiger partial charge in [-0.2, -0.15) is 5.26 Å². The summed E-state index contributed by atoms with van der Waals surface area (Å²) in [5.41, 5.74) is 4.55. The van der Waals surface area contributed by atoms with Gasteiger partial charge >= 0.3 is 0 Å². The molecule has 2 rings (SSSR count). The molecule has 0 unspecified atom stereocenters. The number of carbonyl (C=O) groups excluding carboxylic acids is 1. The molecule has 0 fully saturated rings. The first-order chi connectivity index (χ1) is 9.54. The number of nitriles is 1. The summed E-state index contributed by atoms with van der Waals surface area (Å²) < 4.78 is 27.3. The Balaban J connectivity index is 2.39. The van der Waals surface area contributed by atoms with E-state index in [1.165, 1.54) is 12.1 Å². The molecule has 0 atom stereocenters. The SMILES string of the molecule is N#Cc1ccccc1NC(=O)c1c(F)ccc(N)c1F. The predicted molar refractivity (Wildman–Crippen MR) is 69.9 cm³/mol. The van der Waals surface area contributed by atoms with Gasteiger partial charge in [0.05, 0.1) is 16.9 Å². The van der Waals surface area contributed by atoms with Gasteiger partial charge in [-0.15, -0.1) is 0 Å². The number of nitrogens with one attached hydrogen (secondary N) is 1. The second-order valence-corrected chi connectivity index (χ2v) is 3.94. The molecule has 0 aliphatic heterocycles. The summed E-state index contributed by atoms with van der Waals surface area (Å²) in [5, 5.41) is 11.2. The number of nitrogen functional groups attached to an aromatic ring is 1. The van der Waals surface area contributed by atoms with Crippen molar-refractivity contribution in [3.8, 4) is 6.07 Å². The third kappa shape index (κ3) is 2.42. The molecular weight excluding hydrogens is 264 g/mol. The number of amides is 1. The monoisotopic (exact) mass is 273 g/mol. The summed E-state index contributed by atoms with van der Waals surface area (Å²) in [6, 6.07) is 9.93. The Labute approximate surface area is 113 Å². The molecule has 0 spiro atoms. The molecule has 1 amide bonds. The molecule has 0 saturated carbocycles. The van der Waals surface area contributed by atoms with Crippen LogP contribution in [0.5, 0.6) is 0 Å². The van der Waals surface area contributed by atoms with Crippen molar-refractivity contribution in [3.05, 3.63) is 59.2 Å². The number of para-hydroxylation sites is 1. The second-order valence-electron chi connectivity index (χ2n) is 3.94. The van der Waals surface area contributed by atoms with Crippen molar-refractivity contribution in [2.24, 2.45) is 0 Å². The van der Waals surface area contributed by atoms with E-state index in [4.69, 9.17) is 11.0 Å². The molecule has 20 heavy (non-hydrogen) atoms. The van der Waals surface area contributed by atoms with Crippen LogP contribution in [0.3, 0.4) is 0 Å². The van der Waals surface area contributed by atoms with E-state index in [9.17, 15) is 13.6 Å². The largest absolute Gasteiger partial charge is 0.396 e. The highest BCUT2D eigenvalue weighted by atomic mass is 19.1. The number of rotatable bonds is 2. The number of nitrogens with zero attached hydrogens (tertiary/aromatic N) is 1. The molecule has 100 valence electrons. The molecule has 0 aromatic heterocycles. The zero-order valence-corrected chi connectivity index (χ0v) is 10.2. The average molecular weight is 273 g/mol. The summed E-state index contributed by atoms with van der Waals surface area (Å²) in [6.45, 7) is 0. The molecule has 0 saturated heterocycles. The Morgan fingerprint density at radius 3 is 2.60 bits per heavy atom. The van der Waals surface area contributed by atoms with Crippen LogP contribution in [0.15, 0.2) is 36.4 Å². The maximum absolute atomic E-state index is 13.7. The zero-order chi connectivity index (χ0) is 14.7. The highest BCUT2D eigenvalue weighted by molar-refractivity contribution is 6.05. The van der Waals surface area contributed by atoms with Gasteiger partial charge in [0.15, 0.2) is 5.82 Å². The van der Waals surface area contributed by atoms with Crippen molar-refractivity contribution >= 4 is 17.3 Å². The van der Waals surface area contributed by atoms with Crippen LogP contribution in [0, 0.1) is 23.0 Å². The predicted octanol–water partition coefficient (Wildman–Crippen LogP) is 2.67. The van der Waals surface area contributed by atoms with E-state index in [0.29, 0.717) is 0 Å². The molecule has 0 aliphatic rings. The van der Waals surface area contributed by atoms with Gasteiger partial charge in [-0.05, 0) is 24.3 Å². The minimum absolute atomic E-state index is 0.168. The summed E-state index contributed by atoms with van der Waals surface area (Å²) in [7, 11) is 0. The Hall–Kier alpha value is -2.94. The van der Waals surface area contributed by atoms with E-state index in [1.54, 1.807) is 12.1 Å². The highest BCUT2D eigenvalue weighted by Gasteiger charge is 2.20. The van der Waals surface area contributed by atoms with E-state index in [1.807, 2.05) is 6.07 Å². The second kappa shape index (κ2) is 5.36. The van der Waals surface area contributed by atoms with Gasteiger partial charge in [-0.25, -0.2) is 8.78 Å². The van der Waals surface area contributed by atoms with Gasteiger partial charge in [0.25, 0.3) is 5.91 Å². The fourth-order valence-corrected chi connectivity index (χ4v) is 1.65. The van der Waals surface area contributed by atoms with Gasteiger partial charge in [-0.1, -0.05) is 12.1 Å². The first kappa shape index (κ1) is 13.5. The Kier molecular flexibility index (Phi) is 3.62. The van der Waals surface area contributed by atoms with E-state index in [2.05, 4.69) is 5.32 Å². The molecule has 0 heterocycles. The molecule has 6 heteroatoms. The fourth-order valence-electron chi connectivity index (χ4n) is 1.65. The van der Waals surface area contributed by atoms with E-state index in [-0.39, 0.29) is 16.9 Å². The average Bonchev–Trinajstić information content (AvgIpc) is 2.44. The van der Waals surface area contributed by atoms with Gasteiger partial charge in [-0.3, -0.25) is 4.79 Å². The lowest BCUT2D eigenvalue weighted by molar-refractivity contribution is 0.101. The fraction of sp³-hybridized carbons (Fsp3) is 0. The maximum Gasteiger partial charge on any atom is 0.261 e. The van der Waals surface area contributed by atoms with Crippen LogP contribution in [0.1, 0.15) is 15.9 Å². The molecule has 2 aromatic rings. The molecule has 0 radical (unpaired) electrons. The summed E-state index contributed by atoms with van der Waals surface area (Å²) >= 11 is 0. The van der Waals surface area contributed by atoms with Crippen molar-refractivity contribution < 1.29 is 13.6 Å². The minimum atomic E-state index is -1.13. The Morgan fingerprint density at radius 1 is 1.20 bits per heavy atom. The van der Waals surface area contributed by atoms with Crippen LogP contribution in [0.4, 0.5) is 20.2 Å². The summed E-state index contributed by atoms with van der Waals surface area (Å²) in [6.07, 6.45) is 0. The molecule has 0 bridgehead atoms. The minimum Gasteiger partial charge on any atom is -0.396 e. The molecular formula is C14H9F2N3O. The third-order valence-corrected chi connectivity index (χ3v) is 2.64. The zero-order valence-electron chi connectivity index (χ0n) is 10.2. The van der Waals surface area contributed by atoms with Gasteiger partial charge < -0.3 is 11.1 Å². The first-order valence-corrected chi connectivity index (χ1v) is 5.58. The Bertz CT molecular complexity index is 723. The van der Waals surface area contributed by atoms with Crippen molar-refractivity contribution in [3.63, 3.8) is 0 Å². The number of hydrogen-bond donors (Lipinski definition) is 2. The van der Waals surface area contributed by atoms with E-state index >= 15 is 0 Å². The summed E-state index contributed by atoms with van der Waals surface area (Å²) in [4.78, 5) is 11.9. The Morgan fingerprint density at radius 2 is 1.90 bits per heavy atom. The van der Waals surface area contributed by atoms with Crippen LogP contribution >= 0.6 is 0 Å². The van der Waals surface area contributed by atoms with Gasteiger partial charge in [0, 0.05) is 0 Å². The smallest absolute Gasteiger partial charge is 0.261 e. The molecule has 4 nitrogen and oxygen atoms in total. The number of nitrogens with two attached hydrogens (primary N) is 1. The number of carbonyl (C=O) groups is 1. The number of halogens is 2. The van der Waals surface area contributed by atoms with Crippen molar-refractivity contribution in [1.82, 2.24) is 0 Å². The maximum atomic E-state index is 13.7. The third-order valence-electron chi connectivity index (χ3n) is 2.64. The van der Waals surface area contributed by atoms with Crippen molar-refractivity contribution in [2.45, 2.75) is 0 Å². The normalized spacial score (nSPS) is 9.85. The first-order valence-electron chi connectivity index (χ1n) is 5.58. The van der Waals surface area contributed by atoms with Crippen LogP contribution in [0.2, 0.25) is 0 Å². The standard InChI is InChI=1S/C14H9F2N3O/c15-9-5-6-10(18)13(16)12(9)14(20)19-11-4-2-1-3-8(11)7-17/h1-6H,18H2,(H,19,20). The topological polar surface area (TPSA) is 78.9 Å². The van der Waals surface area contributed by atoms with E-state index in [0.717, 1.165) is 12.1 Å². The molecule has 0 aliphatic carbocycles. The van der Waals surface area contributed by atoms with Crippen molar-refractivity contribution in [2.75, 3.05) is 11.1 Å². The lowest BCUT2D eigenvalue weighted by Crippen LogP contribution is -2.17.